The number of aromatic nitrogens is 1. The highest BCUT2D eigenvalue weighted by molar-refractivity contribution is 7.07. The molecule has 224 valence electrons. The van der Waals surface area contributed by atoms with E-state index >= 15 is 0 Å². The number of aromatic hydroxyl groups is 1. The standard InChI is InChI=1S/C32H38N2O7S/c1-8-39-25-15-21(9-11-23(25)35)16-27-30(36)34-29(28(31(37)41-19(4)5)20(6)33-32(34)42-27)22-10-12-24(26(17-22)38-7)40-14-13-18(2)3/h9-12,15-19,29,35H,8,13-14H2,1-7H3/b27-16-. The van der Waals surface area contributed by atoms with Crippen molar-refractivity contribution in [1.82, 2.24) is 4.57 Å². The normalized spacial score (nSPS) is 15.1. The maximum Gasteiger partial charge on any atom is 0.338 e. The van der Waals surface area contributed by atoms with Gasteiger partial charge in [0.05, 0.1) is 48.3 Å². The van der Waals surface area contributed by atoms with Crippen LogP contribution in [0, 0.1) is 5.92 Å². The number of nitrogens with zero attached hydrogens (tertiary/aromatic N) is 2. The number of esters is 1. The van der Waals surface area contributed by atoms with Gasteiger partial charge in [-0.3, -0.25) is 9.36 Å². The molecule has 1 unspecified atom stereocenters. The topological polar surface area (TPSA) is 109 Å². The number of fused-ring (bicyclic) bond motifs is 1. The van der Waals surface area contributed by atoms with Crippen molar-refractivity contribution in [2.45, 2.75) is 60.1 Å². The molecular formula is C32H38N2O7S. The molecule has 2 aromatic carbocycles. The summed E-state index contributed by atoms with van der Waals surface area (Å²) in [5.41, 5.74) is 1.77. The van der Waals surface area contributed by atoms with Crippen LogP contribution in [0.4, 0.5) is 0 Å². The third-order valence-corrected chi connectivity index (χ3v) is 7.60. The maximum absolute atomic E-state index is 14.0. The van der Waals surface area contributed by atoms with Crippen LogP contribution in [0.15, 0.2) is 57.5 Å². The highest BCUT2D eigenvalue weighted by Gasteiger charge is 2.34. The smallest absolute Gasteiger partial charge is 0.338 e. The highest BCUT2D eigenvalue weighted by Crippen LogP contribution is 2.36. The molecule has 0 spiro atoms. The third kappa shape index (κ3) is 6.70. The van der Waals surface area contributed by atoms with Crippen molar-refractivity contribution < 1.29 is 28.8 Å². The van der Waals surface area contributed by atoms with Crippen molar-refractivity contribution in [3.63, 3.8) is 0 Å². The van der Waals surface area contributed by atoms with Crippen LogP contribution < -0.4 is 29.1 Å². The van der Waals surface area contributed by atoms with Crippen molar-refractivity contribution in [2.75, 3.05) is 20.3 Å². The lowest BCUT2D eigenvalue weighted by molar-refractivity contribution is -0.143. The van der Waals surface area contributed by atoms with Crippen molar-refractivity contribution in [3.05, 3.63) is 78.5 Å². The fraction of sp³-hybridized carbons (Fsp3) is 0.406. The number of ether oxygens (including phenoxy) is 4. The summed E-state index contributed by atoms with van der Waals surface area (Å²) in [5.74, 6) is 1.38. The minimum atomic E-state index is -0.799. The van der Waals surface area contributed by atoms with Gasteiger partial charge >= 0.3 is 5.97 Å². The van der Waals surface area contributed by atoms with Crippen LogP contribution in [0.3, 0.4) is 0 Å². The van der Waals surface area contributed by atoms with Crippen molar-refractivity contribution in [3.8, 4) is 23.0 Å². The molecule has 2 heterocycles. The summed E-state index contributed by atoms with van der Waals surface area (Å²) < 4.78 is 24.7. The van der Waals surface area contributed by atoms with E-state index in [1.165, 1.54) is 22.0 Å². The van der Waals surface area contributed by atoms with E-state index in [4.69, 9.17) is 18.9 Å². The second kappa shape index (κ2) is 13.3. The number of carbonyl (C=O) groups is 1. The lowest BCUT2D eigenvalue weighted by atomic mass is 9.95. The summed E-state index contributed by atoms with van der Waals surface area (Å²) in [6, 6.07) is 9.54. The van der Waals surface area contributed by atoms with Gasteiger partial charge in [-0.15, -0.1) is 0 Å². The molecule has 9 nitrogen and oxygen atoms in total. The Bertz CT molecular complexity index is 1670. The second-order valence-corrected chi connectivity index (χ2v) is 11.6. The fourth-order valence-electron chi connectivity index (χ4n) is 4.60. The highest BCUT2D eigenvalue weighted by atomic mass is 32.1. The SMILES string of the molecule is CCOc1cc(/C=c2\sc3n(c2=O)C(c2ccc(OCCC(C)C)c(OC)c2)C(C(=O)OC(C)C)=C(C)N=3)ccc1O. The second-order valence-electron chi connectivity index (χ2n) is 10.6. The molecule has 0 saturated carbocycles. The molecule has 3 aromatic rings. The van der Waals surface area contributed by atoms with Crippen molar-refractivity contribution in [1.29, 1.82) is 0 Å². The summed E-state index contributed by atoms with van der Waals surface area (Å²) in [5, 5.41) is 10.1. The van der Waals surface area contributed by atoms with Gasteiger partial charge in [-0.2, -0.15) is 0 Å². The monoisotopic (exact) mass is 594 g/mol. The molecule has 1 N–H and O–H groups in total. The number of hydrogen-bond acceptors (Lipinski definition) is 9. The molecular weight excluding hydrogens is 556 g/mol. The molecule has 0 radical (unpaired) electrons. The predicted molar refractivity (Wildman–Crippen MR) is 162 cm³/mol. The number of methoxy groups -OCH3 is 1. The molecule has 0 saturated heterocycles. The van der Waals surface area contributed by atoms with Crippen molar-refractivity contribution >= 4 is 23.4 Å². The van der Waals surface area contributed by atoms with Gasteiger partial charge in [0, 0.05) is 0 Å². The van der Waals surface area contributed by atoms with E-state index in [1.54, 1.807) is 58.2 Å². The summed E-state index contributed by atoms with van der Waals surface area (Å²) in [6.07, 6.45) is 2.26. The number of benzene rings is 2. The fourth-order valence-corrected chi connectivity index (χ4v) is 5.64. The van der Waals surface area contributed by atoms with Gasteiger partial charge in [0.1, 0.15) is 0 Å². The third-order valence-electron chi connectivity index (χ3n) is 6.62. The molecule has 0 aliphatic carbocycles. The van der Waals surface area contributed by atoms with Gasteiger partial charge in [-0.1, -0.05) is 37.3 Å². The first-order valence-electron chi connectivity index (χ1n) is 14.0. The number of thiazole rings is 1. The quantitative estimate of drug-likeness (QED) is 0.320. The Hall–Kier alpha value is -4.05. The van der Waals surface area contributed by atoms with Gasteiger partial charge in [-0.25, -0.2) is 9.79 Å². The van der Waals surface area contributed by atoms with Crippen molar-refractivity contribution in [2.24, 2.45) is 10.9 Å². The average Bonchev–Trinajstić information content (AvgIpc) is 3.23. The molecule has 1 aliphatic rings. The van der Waals surface area contributed by atoms with E-state index in [-0.39, 0.29) is 23.0 Å². The minimum Gasteiger partial charge on any atom is -0.504 e. The number of hydrogen-bond donors (Lipinski definition) is 1. The Labute approximate surface area is 249 Å². The predicted octanol–water partition coefficient (Wildman–Crippen LogP) is 4.72. The first-order valence-corrected chi connectivity index (χ1v) is 14.9. The maximum atomic E-state index is 14.0. The van der Waals surface area contributed by atoms with Crippen LogP contribution in [-0.4, -0.2) is 42.1 Å². The Morgan fingerprint density at radius 1 is 1.10 bits per heavy atom. The van der Waals surface area contributed by atoms with Gasteiger partial charge < -0.3 is 24.1 Å². The van der Waals surface area contributed by atoms with Crippen LogP contribution in [0.25, 0.3) is 6.08 Å². The number of phenols is 1. The first-order chi connectivity index (χ1) is 20.0. The van der Waals surface area contributed by atoms with E-state index in [1.807, 2.05) is 13.0 Å². The number of phenolic OH excluding ortho intramolecular Hbond substituents is 1. The number of rotatable bonds is 11. The summed E-state index contributed by atoms with van der Waals surface area (Å²) in [4.78, 5) is 32.5. The summed E-state index contributed by atoms with van der Waals surface area (Å²) in [6.45, 7) is 12.3. The van der Waals surface area contributed by atoms with E-state index in [0.29, 0.717) is 62.5 Å². The van der Waals surface area contributed by atoms with Gasteiger partial charge in [0.2, 0.25) is 0 Å². The molecule has 0 amide bonds. The zero-order valence-electron chi connectivity index (χ0n) is 25.1. The number of carbonyl (C=O) groups excluding carboxylic acids is 1. The Morgan fingerprint density at radius 3 is 2.52 bits per heavy atom. The average molecular weight is 595 g/mol. The zero-order chi connectivity index (χ0) is 30.6. The minimum absolute atomic E-state index is 0.0185. The zero-order valence-corrected chi connectivity index (χ0v) is 25.9. The molecule has 0 fully saturated rings. The van der Waals surface area contributed by atoms with Crippen LogP contribution in [0.5, 0.6) is 23.0 Å². The van der Waals surface area contributed by atoms with Gasteiger partial charge in [0.15, 0.2) is 27.8 Å². The van der Waals surface area contributed by atoms with E-state index in [9.17, 15) is 14.7 Å². The molecule has 42 heavy (non-hydrogen) atoms. The molecule has 4 rings (SSSR count). The molecule has 1 aliphatic heterocycles. The van der Waals surface area contributed by atoms with Gasteiger partial charge in [0.25, 0.3) is 5.56 Å². The Kier molecular flexibility index (Phi) is 9.78. The molecule has 1 atom stereocenters. The van der Waals surface area contributed by atoms with Crippen LogP contribution >= 0.6 is 11.3 Å². The molecule has 10 heteroatoms. The number of allylic oxidation sites excluding steroid dienone is 1. The first kappa shape index (κ1) is 30.9. The van der Waals surface area contributed by atoms with Crippen LogP contribution in [0.2, 0.25) is 0 Å². The lowest BCUT2D eigenvalue weighted by Gasteiger charge is -2.26. The van der Waals surface area contributed by atoms with E-state index in [2.05, 4.69) is 18.8 Å². The van der Waals surface area contributed by atoms with E-state index in [0.717, 1.165) is 6.42 Å². The largest absolute Gasteiger partial charge is 0.504 e. The van der Waals surface area contributed by atoms with Gasteiger partial charge in [-0.05, 0) is 81.5 Å². The van der Waals surface area contributed by atoms with Crippen LogP contribution in [0.1, 0.15) is 65.1 Å². The Morgan fingerprint density at radius 2 is 1.86 bits per heavy atom. The lowest BCUT2D eigenvalue weighted by Crippen LogP contribution is -2.40. The Balaban J connectivity index is 1.87. The molecule has 0 bridgehead atoms. The molecule has 1 aromatic heterocycles. The van der Waals surface area contributed by atoms with E-state index < -0.39 is 12.0 Å². The summed E-state index contributed by atoms with van der Waals surface area (Å²) >= 11 is 1.22. The van der Waals surface area contributed by atoms with Crippen LogP contribution in [-0.2, 0) is 9.53 Å². The summed E-state index contributed by atoms with van der Waals surface area (Å²) in [7, 11) is 1.56.